The van der Waals surface area contributed by atoms with Crippen molar-refractivity contribution in [3.8, 4) is 33.9 Å². The van der Waals surface area contributed by atoms with Gasteiger partial charge in [0.15, 0.2) is 11.6 Å². The molecule has 0 saturated heterocycles. The Labute approximate surface area is 257 Å². The third kappa shape index (κ3) is 4.33. The first-order valence-corrected chi connectivity index (χ1v) is 15.0. The van der Waals surface area contributed by atoms with Crippen LogP contribution in [0.15, 0.2) is 164 Å². The van der Waals surface area contributed by atoms with Crippen LogP contribution in [0.1, 0.15) is 33.6 Å². The topological polar surface area (TPSA) is 38.7 Å². The van der Waals surface area contributed by atoms with Gasteiger partial charge in [0.2, 0.25) is 0 Å². The highest BCUT2D eigenvalue weighted by Crippen LogP contribution is 2.56. The molecule has 1 heterocycles. The number of fused-ring (bicyclic) bond motifs is 3. The van der Waals surface area contributed by atoms with Crippen LogP contribution < -0.4 is 0 Å². The van der Waals surface area contributed by atoms with Gasteiger partial charge in [-0.05, 0) is 38.9 Å². The molecule has 0 fully saturated rings. The zero-order valence-corrected chi connectivity index (χ0v) is 24.1. The minimum absolute atomic E-state index is 0.437. The molecule has 0 atom stereocenters. The SMILES string of the molecule is c1ccc(-c2nc(Cc3ccc4c(c3)C(c3ccccc3)(c3ccccc3)c3ccccc3-4)nc(-c3ccccc3)n2)cc1. The third-order valence-electron chi connectivity index (χ3n) is 8.63. The van der Waals surface area contributed by atoms with Crippen LogP contribution in [0.25, 0.3) is 33.9 Å². The van der Waals surface area contributed by atoms with E-state index >= 15 is 0 Å². The smallest absolute Gasteiger partial charge is 0.163 e. The molecule has 0 spiro atoms. The Morgan fingerprint density at radius 2 is 0.886 bits per heavy atom. The number of hydrogen-bond acceptors (Lipinski definition) is 3. The van der Waals surface area contributed by atoms with Gasteiger partial charge in [-0.25, -0.2) is 15.0 Å². The average molecular weight is 564 g/mol. The van der Waals surface area contributed by atoms with Gasteiger partial charge in [0.25, 0.3) is 0 Å². The predicted octanol–water partition coefficient (Wildman–Crippen LogP) is 9.16. The first-order chi connectivity index (χ1) is 21.8. The van der Waals surface area contributed by atoms with E-state index in [1.807, 2.05) is 36.4 Å². The lowest BCUT2D eigenvalue weighted by molar-refractivity contribution is 0.766. The van der Waals surface area contributed by atoms with Gasteiger partial charge in [0, 0.05) is 17.5 Å². The van der Waals surface area contributed by atoms with Crippen molar-refractivity contribution in [3.63, 3.8) is 0 Å². The standard InChI is InChI=1S/C41H29N3/c1-5-15-30(16-6-1)39-42-38(43-40(44-39)31-17-7-2-8-18-31)28-29-25-26-35-34-23-13-14-24-36(34)41(37(35)27-29,32-19-9-3-10-20-32)33-21-11-4-12-22-33/h1-27H,28H2. The van der Waals surface area contributed by atoms with Gasteiger partial charge in [0.1, 0.15) is 5.82 Å². The van der Waals surface area contributed by atoms with Crippen molar-refractivity contribution in [1.29, 1.82) is 0 Å². The molecule has 0 saturated carbocycles. The van der Waals surface area contributed by atoms with Crippen molar-refractivity contribution in [2.75, 3.05) is 0 Å². The quantitative estimate of drug-likeness (QED) is 0.202. The molecule has 0 bridgehead atoms. The summed E-state index contributed by atoms with van der Waals surface area (Å²) in [5, 5.41) is 0. The van der Waals surface area contributed by atoms with Crippen LogP contribution in [-0.2, 0) is 11.8 Å². The van der Waals surface area contributed by atoms with Crippen molar-refractivity contribution < 1.29 is 0 Å². The summed E-state index contributed by atoms with van der Waals surface area (Å²) < 4.78 is 0. The molecule has 0 aliphatic heterocycles. The molecule has 44 heavy (non-hydrogen) atoms. The van der Waals surface area contributed by atoms with E-state index in [1.165, 1.54) is 33.4 Å². The summed E-state index contributed by atoms with van der Waals surface area (Å²) in [7, 11) is 0. The lowest BCUT2D eigenvalue weighted by Crippen LogP contribution is -2.28. The molecule has 6 aromatic carbocycles. The molecule has 0 radical (unpaired) electrons. The van der Waals surface area contributed by atoms with E-state index in [4.69, 9.17) is 15.0 Å². The lowest BCUT2D eigenvalue weighted by Gasteiger charge is -2.34. The van der Waals surface area contributed by atoms with Gasteiger partial charge < -0.3 is 0 Å². The third-order valence-corrected chi connectivity index (χ3v) is 8.63. The summed E-state index contributed by atoms with van der Waals surface area (Å²) in [6.07, 6.45) is 0.589. The fourth-order valence-corrected chi connectivity index (χ4v) is 6.72. The van der Waals surface area contributed by atoms with Gasteiger partial charge >= 0.3 is 0 Å². The van der Waals surface area contributed by atoms with E-state index in [1.54, 1.807) is 0 Å². The summed E-state index contributed by atoms with van der Waals surface area (Å²) in [5.41, 5.74) is 10.3. The van der Waals surface area contributed by atoms with E-state index in [9.17, 15) is 0 Å². The molecular weight excluding hydrogens is 534 g/mol. The van der Waals surface area contributed by atoms with E-state index in [0.29, 0.717) is 18.1 Å². The number of hydrogen-bond donors (Lipinski definition) is 0. The van der Waals surface area contributed by atoms with Crippen LogP contribution in [0.3, 0.4) is 0 Å². The zero-order valence-electron chi connectivity index (χ0n) is 24.1. The summed E-state index contributed by atoms with van der Waals surface area (Å²) in [6.45, 7) is 0. The monoisotopic (exact) mass is 563 g/mol. The average Bonchev–Trinajstić information content (AvgIpc) is 3.40. The van der Waals surface area contributed by atoms with Crippen LogP contribution >= 0.6 is 0 Å². The molecule has 3 heteroatoms. The second-order valence-electron chi connectivity index (χ2n) is 11.2. The molecule has 1 aliphatic rings. The van der Waals surface area contributed by atoms with Crippen molar-refractivity contribution in [3.05, 3.63) is 197 Å². The number of rotatable bonds is 6. The van der Waals surface area contributed by atoms with Crippen LogP contribution in [0.2, 0.25) is 0 Å². The first kappa shape index (κ1) is 26.0. The Kier molecular flexibility index (Phi) is 6.42. The van der Waals surface area contributed by atoms with E-state index in [0.717, 1.165) is 22.5 Å². The second kappa shape index (κ2) is 10.9. The molecule has 1 aliphatic carbocycles. The van der Waals surface area contributed by atoms with E-state index in [-0.39, 0.29) is 0 Å². The maximum absolute atomic E-state index is 4.99. The number of nitrogens with zero attached hydrogens (tertiary/aromatic N) is 3. The summed E-state index contributed by atoms with van der Waals surface area (Å²) in [6, 6.07) is 57.9. The molecule has 0 unspecified atom stereocenters. The molecule has 0 amide bonds. The summed E-state index contributed by atoms with van der Waals surface area (Å²) >= 11 is 0. The maximum atomic E-state index is 4.99. The van der Waals surface area contributed by atoms with Crippen LogP contribution in [0.5, 0.6) is 0 Å². The van der Waals surface area contributed by atoms with Gasteiger partial charge in [-0.2, -0.15) is 0 Å². The molecule has 0 N–H and O–H groups in total. The number of aromatic nitrogens is 3. The highest BCUT2D eigenvalue weighted by molar-refractivity contribution is 5.86. The van der Waals surface area contributed by atoms with Gasteiger partial charge in [-0.3, -0.25) is 0 Å². The molecule has 208 valence electrons. The van der Waals surface area contributed by atoms with Crippen LogP contribution in [0.4, 0.5) is 0 Å². The zero-order chi connectivity index (χ0) is 29.3. The predicted molar refractivity (Wildman–Crippen MR) is 177 cm³/mol. The van der Waals surface area contributed by atoms with Crippen molar-refractivity contribution in [1.82, 2.24) is 15.0 Å². The van der Waals surface area contributed by atoms with E-state index in [2.05, 4.69) is 127 Å². The van der Waals surface area contributed by atoms with Crippen molar-refractivity contribution >= 4 is 0 Å². The summed E-state index contributed by atoms with van der Waals surface area (Å²) in [5.74, 6) is 2.12. The molecule has 8 rings (SSSR count). The highest BCUT2D eigenvalue weighted by Gasteiger charge is 2.45. The van der Waals surface area contributed by atoms with Gasteiger partial charge in [-0.1, -0.05) is 164 Å². The van der Waals surface area contributed by atoms with Crippen LogP contribution in [0, 0.1) is 0 Å². The van der Waals surface area contributed by atoms with Gasteiger partial charge in [-0.15, -0.1) is 0 Å². The summed E-state index contributed by atoms with van der Waals surface area (Å²) in [4.78, 5) is 14.9. The molecular formula is C41H29N3. The van der Waals surface area contributed by atoms with Crippen molar-refractivity contribution in [2.24, 2.45) is 0 Å². The normalized spacial score (nSPS) is 12.8. The minimum Gasteiger partial charge on any atom is -0.213 e. The fraction of sp³-hybridized carbons (Fsp3) is 0.0488. The number of benzene rings is 6. The van der Waals surface area contributed by atoms with Gasteiger partial charge in [0.05, 0.1) is 5.41 Å². The first-order valence-electron chi connectivity index (χ1n) is 15.0. The Bertz CT molecular complexity index is 1980. The van der Waals surface area contributed by atoms with Crippen molar-refractivity contribution in [2.45, 2.75) is 11.8 Å². The lowest BCUT2D eigenvalue weighted by atomic mass is 9.67. The highest BCUT2D eigenvalue weighted by atomic mass is 15.0. The van der Waals surface area contributed by atoms with Crippen LogP contribution in [-0.4, -0.2) is 15.0 Å². The second-order valence-corrected chi connectivity index (χ2v) is 11.2. The van der Waals surface area contributed by atoms with E-state index < -0.39 is 5.41 Å². The Morgan fingerprint density at radius 1 is 0.409 bits per heavy atom. The Morgan fingerprint density at radius 3 is 1.45 bits per heavy atom. The Hall–Kier alpha value is -5.67. The Balaban J connectivity index is 1.31. The molecule has 1 aromatic heterocycles. The minimum atomic E-state index is -0.437. The largest absolute Gasteiger partial charge is 0.213 e. The molecule has 7 aromatic rings. The molecule has 3 nitrogen and oxygen atoms in total. The maximum Gasteiger partial charge on any atom is 0.163 e. The fourth-order valence-electron chi connectivity index (χ4n) is 6.72.